The topological polar surface area (TPSA) is 144 Å². The maximum Gasteiger partial charge on any atom is 0.249 e. The van der Waals surface area contributed by atoms with E-state index in [0.29, 0.717) is 35.4 Å². The van der Waals surface area contributed by atoms with Crippen molar-refractivity contribution in [3.05, 3.63) is 107 Å². The summed E-state index contributed by atoms with van der Waals surface area (Å²) in [5, 5.41) is 7.73. The Kier molecular flexibility index (Phi) is 5.41. The Morgan fingerprint density at radius 3 is 2.73 bits per heavy atom. The molecule has 0 saturated heterocycles. The van der Waals surface area contributed by atoms with Crippen molar-refractivity contribution in [3.63, 3.8) is 0 Å². The number of oxazole rings is 2. The zero-order valence-electron chi connectivity index (χ0n) is 24.6. The summed E-state index contributed by atoms with van der Waals surface area (Å²) in [7, 11) is 0. The molecule has 6 aromatic rings. The molecule has 1 unspecified atom stereocenters. The van der Waals surface area contributed by atoms with E-state index in [9.17, 15) is 4.79 Å². The molecule has 3 aromatic carbocycles. The molecule has 0 saturated carbocycles. The number of aromatic amines is 1. The quantitative estimate of drug-likeness (QED) is 0.205. The monoisotopic (exact) mass is 598 g/mol. The summed E-state index contributed by atoms with van der Waals surface area (Å²) >= 11 is 0. The van der Waals surface area contributed by atoms with Crippen LogP contribution in [0.5, 0.6) is 5.75 Å². The van der Waals surface area contributed by atoms with Crippen molar-refractivity contribution < 1.29 is 18.4 Å². The molecule has 1 spiro atoms. The third-order valence-corrected chi connectivity index (χ3v) is 9.33. The predicted octanol–water partition coefficient (Wildman–Crippen LogP) is 5.65. The van der Waals surface area contributed by atoms with Gasteiger partial charge in [0.1, 0.15) is 17.2 Å². The van der Waals surface area contributed by atoms with Crippen LogP contribution in [0.1, 0.15) is 48.2 Å². The van der Waals surface area contributed by atoms with Crippen LogP contribution in [0.25, 0.3) is 33.8 Å². The first-order valence-electron chi connectivity index (χ1n) is 15.2. The summed E-state index contributed by atoms with van der Waals surface area (Å²) in [5.41, 5.74) is 11.6. The molecule has 10 heteroatoms. The number of ether oxygens (including phenoxy) is 1. The highest BCUT2D eigenvalue weighted by atomic mass is 16.5. The fraction of sp³-hybridized carbons (Fsp3) is 0.229. The molecule has 45 heavy (non-hydrogen) atoms. The fourth-order valence-electron chi connectivity index (χ4n) is 7.14. The van der Waals surface area contributed by atoms with Crippen LogP contribution >= 0.6 is 0 Å². The second-order valence-corrected chi connectivity index (χ2v) is 12.4. The third-order valence-electron chi connectivity index (χ3n) is 9.33. The van der Waals surface area contributed by atoms with E-state index in [1.165, 1.54) is 0 Å². The minimum atomic E-state index is -0.924. The summed E-state index contributed by atoms with van der Waals surface area (Å²) in [6, 6.07) is 20.9. The van der Waals surface area contributed by atoms with Gasteiger partial charge in [0, 0.05) is 33.9 Å². The summed E-state index contributed by atoms with van der Waals surface area (Å²) in [5.74, 6) is 2.19. The van der Waals surface area contributed by atoms with Gasteiger partial charge in [-0.3, -0.25) is 4.79 Å². The number of H-pyrrole nitrogens is 1. The molecule has 9 rings (SSSR count). The summed E-state index contributed by atoms with van der Waals surface area (Å²) in [6.07, 6.45) is 3.48. The first-order chi connectivity index (χ1) is 21.9. The number of benzene rings is 3. The Balaban J connectivity index is 1.32. The van der Waals surface area contributed by atoms with E-state index in [2.05, 4.69) is 27.8 Å². The van der Waals surface area contributed by atoms with Gasteiger partial charge >= 0.3 is 0 Å². The van der Waals surface area contributed by atoms with Gasteiger partial charge in [-0.15, -0.1) is 0 Å². The van der Waals surface area contributed by atoms with E-state index in [1.807, 2.05) is 74.6 Å². The van der Waals surface area contributed by atoms with Gasteiger partial charge in [-0.05, 0) is 41.7 Å². The molecule has 5 N–H and O–H groups in total. The van der Waals surface area contributed by atoms with Crippen molar-refractivity contribution in [3.8, 4) is 28.7 Å². The molecular formula is C35H30N6O4. The van der Waals surface area contributed by atoms with Gasteiger partial charge in [0.15, 0.2) is 23.4 Å². The smallest absolute Gasteiger partial charge is 0.249 e. The zero-order valence-corrected chi connectivity index (χ0v) is 24.6. The van der Waals surface area contributed by atoms with Gasteiger partial charge in [-0.25, -0.2) is 9.97 Å². The van der Waals surface area contributed by atoms with Crippen molar-refractivity contribution in [1.82, 2.24) is 20.3 Å². The zero-order chi connectivity index (χ0) is 30.4. The van der Waals surface area contributed by atoms with Crippen molar-refractivity contribution in [1.29, 1.82) is 0 Å². The number of fused-ring (bicyclic) bond motifs is 5. The molecule has 0 radical (unpaired) electrons. The number of para-hydroxylation sites is 2. The number of carbonyl (C=O) groups excluding carboxylic acids is 1. The van der Waals surface area contributed by atoms with Crippen LogP contribution in [-0.4, -0.2) is 33.1 Å². The molecule has 4 atom stereocenters. The van der Waals surface area contributed by atoms with Gasteiger partial charge in [-0.2, -0.15) is 0 Å². The third kappa shape index (κ3) is 3.63. The van der Waals surface area contributed by atoms with E-state index in [-0.39, 0.29) is 11.8 Å². The number of nitrogens with two attached hydrogens (primary N) is 1. The van der Waals surface area contributed by atoms with Crippen LogP contribution in [0.4, 0.5) is 5.69 Å². The minimum Gasteiger partial charge on any atom is -0.469 e. The van der Waals surface area contributed by atoms with E-state index in [1.54, 1.807) is 6.20 Å². The van der Waals surface area contributed by atoms with Gasteiger partial charge in [0.05, 0.1) is 12.2 Å². The highest BCUT2D eigenvalue weighted by Gasteiger charge is 2.61. The molecule has 4 bridgehead atoms. The maximum absolute atomic E-state index is 13.4. The average Bonchev–Trinajstić information content (AvgIpc) is 3.85. The van der Waals surface area contributed by atoms with Crippen molar-refractivity contribution in [2.24, 2.45) is 11.7 Å². The Bertz CT molecular complexity index is 2140. The lowest BCUT2D eigenvalue weighted by molar-refractivity contribution is -0.123. The van der Waals surface area contributed by atoms with Crippen LogP contribution in [-0.2, 0) is 16.6 Å². The average molecular weight is 599 g/mol. The minimum absolute atomic E-state index is 0.0507. The Morgan fingerprint density at radius 1 is 1.00 bits per heavy atom. The normalized spacial score (nSPS) is 23.1. The number of nitrogens with one attached hydrogen (secondary N) is 3. The second-order valence-electron chi connectivity index (χ2n) is 12.4. The largest absolute Gasteiger partial charge is 0.469 e. The lowest BCUT2D eigenvalue weighted by Crippen LogP contribution is -2.45. The molecule has 6 heterocycles. The standard InChI is InChI=1S/C35H30N6O4/c1-17(2)28-33-41-29(32-38-16-27(43-32)20-15-37-24-9-5-3-7-19(20)24)30(45-33)35-21-8-4-6-10-25(21)39-34(35)44-26-12-11-18(13-22(26)35)14-23(36)31(42)40-28/h3-13,15-17,23,28,34,37,39H,14,36H2,1-2H3,(H,40,42)/t23-,28-,34-,35?/m0/s1. The van der Waals surface area contributed by atoms with Gasteiger partial charge in [0.2, 0.25) is 17.7 Å². The molecule has 224 valence electrons. The number of rotatable bonds is 3. The van der Waals surface area contributed by atoms with Crippen LogP contribution < -0.4 is 21.1 Å². The Hall–Kier alpha value is -5.35. The molecule has 0 aliphatic carbocycles. The van der Waals surface area contributed by atoms with Crippen LogP contribution in [0, 0.1) is 5.92 Å². The highest BCUT2D eigenvalue weighted by Crippen LogP contribution is 2.59. The Morgan fingerprint density at radius 2 is 1.84 bits per heavy atom. The number of carbonyl (C=O) groups is 1. The maximum atomic E-state index is 13.4. The highest BCUT2D eigenvalue weighted by molar-refractivity contribution is 5.94. The van der Waals surface area contributed by atoms with Crippen LogP contribution in [0.15, 0.2) is 88.0 Å². The first kappa shape index (κ1) is 26.1. The van der Waals surface area contributed by atoms with Gasteiger partial charge < -0.3 is 34.9 Å². The van der Waals surface area contributed by atoms with Crippen molar-refractivity contribution in [2.45, 2.75) is 44.0 Å². The van der Waals surface area contributed by atoms with E-state index in [4.69, 9.17) is 29.3 Å². The number of anilines is 1. The molecule has 3 aliphatic rings. The molecule has 3 aromatic heterocycles. The van der Waals surface area contributed by atoms with Gasteiger partial charge in [-0.1, -0.05) is 62.4 Å². The number of nitrogens with zero attached hydrogens (tertiary/aromatic N) is 2. The number of aromatic nitrogens is 3. The molecule has 3 aliphatic heterocycles. The van der Waals surface area contributed by atoms with Crippen molar-refractivity contribution >= 4 is 22.5 Å². The van der Waals surface area contributed by atoms with Gasteiger partial charge in [0.25, 0.3) is 0 Å². The lowest BCUT2D eigenvalue weighted by atomic mass is 9.72. The molecular weight excluding hydrogens is 568 g/mol. The molecule has 1 amide bonds. The lowest BCUT2D eigenvalue weighted by Gasteiger charge is -2.28. The predicted molar refractivity (Wildman–Crippen MR) is 167 cm³/mol. The SMILES string of the molecule is CC(C)[C@@H]1NC(=O)[C@@H](N)Cc2ccc3c(c2)C2(c4ccccc4N[C@H]2O3)c2oc1nc2-c1ncc(-c2c[nH]c3ccccc23)o1. The van der Waals surface area contributed by atoms with E-state index >= 15 is 0 Å². The summed E-state index contributed by atoms with van der Waals surface area (Å²) < 4.78 is 20.0. The Labute approximate surface area is 258 Å². The summed E-state index contributed by atoms with van der Waals surface area (Å²) in [6.45, 7) is 4.03. The second kappa shape index (κ2) is 9.33. The first-order valence-corrected chi connectivity index (χ1v) is 15.2. The number of amides is 1. The van der Waals surface area contributed by atoms with Crippen LogP contribution in [0.3, 0.4) is 0 Å². The fourth-order valence-corrected chi connectivity index (χ4v) is 7.14. The summed E-state index contributed by atoms with van der Waals surface area (Å²) in [4.78, 5) is 26.5. The molecule has 0 fully saturated rings. The number of hydrogen-bond acceptors (Lipinski definition) is 8. The van der Waals surface area contributed by atoms with E-state index in [0.717, 1.165) is 44.6 Å². The number of hydrogen-bond donors (Lipinski definition) is 4. The van der Waals surface area contributed by atoms with Crippen molar-refractivity contribution in [2.75, 3.05) is 5.32 Å². The van der Waals surface area contributed by atoms with Crippen LogP contribution in [0.2, 0.25) is 0 Å². The molecule has 10 nitrogen and oxygen atoms in total. The van der Waals surface area contributed by atoms with E-state index < -0.39 is 23.7 Å².